The Labute approximate surface area is 186 Å². The predicted molar refractivity (Wildman–Crippen MR) is 106 cm³/mol. The largest absolute Gasteiger partial charge is 0.442 e. The Bertz CT molecular complexity index is 861. The molecule has 2 aliphatic rings. The van der Waals surface area contributed by atoms with E-state index in [9.17, 15) is 27.9 Å². The number of amides is 2. The summed E-state index contributed by atoms with van der Waals surface area (Å²) in [6, 6.07) is 0.975. The number of anilines is 2. The van der Waals surface area contributed by atoms with Crippen molar-refractivity contribution in [3.63, 3.8) is 0 Å². The smallest absolute Gasteiger partial charge is 0.414 e. The van der Waals surface area contributed by atoms with Gasteiger partial charge in [-0.2, -0.15) is 13.2 Å². The first kappa shape index (κ1) is 25.0. The molecule has 0 radical (unpaired) electrons. The van der Waals surface area contributed by atoms with Gasteiger partial charge in [-0.3, -0.25) is 9.69 Å². The molecule has 2 unspecified atom stereocenters. The second-order valence-corrected chi connectivity index (χ2v) is 7.97. The van der Waals surface area contributed by atoms with Crippen LogP contribution >= 0.6 is 0 Å². The van der Waals surface area contributed by atoms with Crippen LogP contribution in [-0.2, 0) is 14.3 Å². The Morgan fingerprint density at radius 3 is 2.58 bits per heavy atom. The molecule has 8 nitrogen and oxygen atoms in total. The molecule has 0 spiro atoms. The third-order valence-corrected chi connectivity index (χ3v) is 5.32. The molecule has 3 atom stereocenters. The number of ether oxygens (including phenoxy) is 2. The second kappa shape index (κ2) is 10.1. The van der Waals surface area contributed by atoms with E-state index in [1.54, 1.807) is 0 Å². The van der Waals surface area contributed by atoms with Crippen molar-refractivity contribution >= 4 is 23.4 Å². The van der Waals surface area contributed by atoms with Crippen LogP contribution in [0.5, 0.6) is 0 Å². The van der Waals surface area contributed by atoms with Crippen molar-refractivity contribution < 1.29 is 46.1 Å². The number of carbonyl (C=O) groups excluding carboxylic acids is 2. The molecule has 0 saturated carbocycles. The third kappa shape index (κ3) is 6.44. The van der Waals surface area contributed by atoms with Gasteiger partial charge in [-0.15, -0.1) is 0 Å². The molecule has 2 amide bonds. The van der Waals surface area contributed by atoms with Crippen molar-refractivity contribution in [1.29, 1.82) is 0 Å². The molecule has 1 aromatic rings. The molecule has 3 rings (SSSR count). The van der Waals surface area contributed by atoms with E-state index in [0.717, 1.165) is 17.0 Å². The van der Waals surface area contributed by atoms with E-state index in [-0.39, 0.29) is 44.1 Å². The summed E-state index contributed by atoms with van der Waals surface area (Å²) in [5.41, 5.74) is -0.584. The van der Waals surface area contributed by atoms with Gasteiger partial charge in [0.1, 0.15) is 18.4 Å². The first-order valence-corrected chi connectivity index (χ1v) is 10.3. The van der Waals surface area contributed by atoms with Crippen LogP contribution in [0.3, 0.4) is 0 Å². The monoisotopic (exact) mass is 481 g/mol. The molecule has 33 heavy (non-hydrogen) atoms. The Balaban J connectivity index is 1.77. The van der Waals surface area contributed by atoms with Crippen LogP contribution in [0.15, 0.2) is 12.1 Å². The summed E-state index contributed by atoms with van der Waals surface area (Å²) in [6.07, 6.45) is -6.80. The number of cyclic esters (lactones) is 1. The Kier molecular flexibility index (Phi) is 7.62. The molecule has 2 fully saturated rings. The minimum absolute atomic E-state index is 0.00105. The lowest BCUT2D eigenvalue weighted by atomic mass is 9.98. The van der Waals surface area contributed by atoms with Crippen LogP contribution in [-0.4, -0.2) is 74.4 Å². The second-order valence-electron chi connectivity index (χ2n) is 7.97. The maximum Gasteiger partial charge on any atom is 0.414 e. The fourth-order valence-electron chi connectivity index (χ4n) is 3.87. The van der Waals surface area contributed by atoms with Crippen LogP contribution in [0.4, 0.5) is 38.1 Å². The standard InChI is InChI=1S/C20H24F5N3O5/c1-11(29)26-7-15-8-28(19(31)33-15)12-5-16(21)18(17(22)6-12)27-3-2-14(30)4-13(27)9-32-10-20(23,24)25/h5-6,13-15,30H,2-4,7-10H2,1H3,(H,26,29)/t13?,14?,15-/m0/s1. The summed E-state index contributed by atoms with van der Waals surface area (Å²) >= 11 is 0. The molecule has 0 aromatic heterocycles. The van der Waals surface area contributed by atoms with E-state index in [4.69, 9.17) is 4.74 Å². The molecule has 184 valence electrons. The first-order valence-electron chi connectivity index (χ1n) is 10.3. The number of nitrogens with one attached hydrogen (secondary N) is 1. The zero-order chi connectivity index (χ0) is 24.3. The number of rotatable bonds is 7. The van der Waals surface area contributed by atoms with Crippen molar-refractivity contribution in [2.24, 2.45) is 0 Å². The highest BCUT2D eigenvalue weighted by atomic mass is 19.4. The maximum absolute atomic E-state index is 15.0. The summed E-state index contributed by atoms with van der Waals surface area (Å²) < 4.78 is 77.0. The van der Waals surface area contributed by atoms with Crippen LogP contribution in [0.25, 0.3) is 0 Å². The number of piperidine rings is 1. The highest BCUT2D eigenvalue weighted by Gasteiger charge is 2.36. The molecule has 13 heteroatoms. The molecule has 1 aromatic carbocycles. The van der Waals surface area contributed by atoms with E-state index in [2.05, 4.69) is 10.1 Å². The van der Waals surface area contributed by atoms with Gasteiger partial charge in [-0.1, -0.05) is 0 Å². The van der Waals surface area contributed by atoms with Gasteiger partial charge in [-0.05, 0) is 12.8 Å². The zero-order valence-corrected chi connectivity index (χ0v) is 17.7. The Hall–Kier alpha value is -2.67. The Morgan fingerprint density at radius 1 is 1.30 bits per heavy atom. The summed E-state index contributed by atoms with van der Waals surface area (Å²) in [5, 5.41) is 12.4. The van der Waals surface area contributed by atoms with E-state index < -0.39 is 61.1 Å². The van der Waals surface area contributed by atoms with Gasteiger partial charge in [0.2, 0.25) is 5.91 Å². The summed E-state index contributed by atoms with van der Waals surface area (Å²) in [7, 11) is 0. The molecule has 2 heterocycles. The quantitative estimate of drug-likeness (QED) is 0.581. The van der Waals surface area contributed by atoms with Crippen LogP contribution in [0.2, 0.25) is 0 Å². The number of hydrogen-bond acceptors (Lipinski definition) is 6. The van der Waals surface area contributed by atoms with Gasteiger partial charge in [0.15, 0.2) is 11.6 Å². The van der Waals surface area contributed by atoms with E-state index in [1.165, 1.54) is 11.8 Å². The van der Waals surface area contributed by atoms with Crippen molar-refractivity contribution in [3.8, 4) is 0 Å². The first-order chi connectivity index (χ1) is 15.4. The van der Waals surface area contributed by atoms with Crippen LogP contribution in [0, 0.1) is 11.6 Å². The highest BCUT2D eigenvalue weighted by Crippen LogP contribution is 2.34. The fourth-order valence-corrected chi connectivity index (χ4v) is 3.87. The lowest BCUT2D eigenvalue weighted by Gasteiger charge is -2.39. The molecular formula is C20H24F5N3O5. The third-order valence-electron chi connectivity index (χ3n) is 5.32. The van der Waals surface area contributed by atoms with Gasteiger partial charge in [-0.25, -0.2) is 13.6 Å². The summed E-state index contributed by atoms with van der Waals surface area (Å²) in [4.78, 5) is 25.4. The number of alkyl halides is 3. The molecule has 2 saturated heterocycles. The van der Waals surface area contributed by atoms with Gasteiger partial charge < -0.3 is 24.8 Å². The zero-order valence-electron chi connectivity index (χ0n) is 17.7. The molecule has 2 aliphatic heterocycles. The van der Waals surface area contributed by atoms with Crippen molar-refractivity contribution in [2.75, 3.05) is 42.6 Å². The summed E-state index contributed by atoms with van der Waals surface area (Å²) in [5.74, 6) is -2.38. The number of hydrogen-bond donors (Lipinski definition) is 2. The van der Waals surface area contributed by atoms with E-state index >= 15 is 8.78 Å². The van der Waals surface area contributed by atoms with E-state index in [0.29, 0.717) is 0 Å². The average molecular weight is 481 g/mol. The molecule has 0 aliphatic carbocycles. The Morgan fingerprint density at radius 2 is 1.97 bits per heavy atom. The maximum atomic E-state index is 15.0. The summed E-state index contributed by atoms with van der Waals surface area (Å²) in [6.45, 7) is -0.718. The van der Waals surface area contributed by atoms with Crippen molar-refractivity contribution in [3.05, 3.63) is 23.8 Å². The molecule has 0 bridgehead atoms. The van der Waals surface area contributed by atoms with Crippen molar-refractivity contribution in [1.82, 2.24) is 5.32 Å². The topological polar surface area (TPSA) is 91.3 Å². The highest BCUT2D eigenvalue weighted by molar-refractivity contribution is 5.90. The minimum Gasteiger partial charge on any atom is -0.442 e. The number of aliphatic hydroxyl groups excluding tert-OH is 1. The van der Waals surface area contributed by atoms with Gasteiger partial charge >= 0.3 is 12.3 Å². The lowest BCUT2D eigenvalue weighted by Crippen LogP contribution is -2.48. The van der Waals surface area contributed by atoms with Gasteiger partial charge in [0.25, 0.3) is 0 Å². The number of nitrogens with zero attached hydrogens (tertiary/aromatic N) is 2. The predicted octanol–water partition coefficient (Wildman–Crippen LogP) is 2.33. The van der Waals surface area contributed by atoms with Gasteiger partial charge in [0, 0.05) is 25.6 Å². The van der Waals surface area contributed by atoms with E-state index in [1.807, 2.05) is 0 Å². The minimum atomic E-state index is -4.56. The lowest BCUT2D eigenvalue weighted by molar-refractivity contribution is -0.175. The van der Waals surface area contributed by atoms with Gasteiger partial charge in [0.05, 0.1) is 37.5 Å². The fraction of sp³-hybridized carbons (Fsp3) is 0.600. The number of carbonyl (C=O) groups is 2. The van der Waals surface area contributed by atoms with Crippen LogP contribution < -0.4 is 15.1 Å². The van der Waals surface area contributed by atoms with Crippen molar-refractivity contribution in [2.45, 2.75) is 44.2 Å². The number of benzene rings is 1. The average Bonchev–Trinajstić information content (AvgIpc) is 3.07. The SMILES string of the molecule is CC(=O)NC[C@H]1CN(c2cc(F)c(N3CCC(O)CC3COCC(F)(F)F)c(F)c2)C(=O)O1. The number of aliphatic hydroxyl groups is 1. The van der Waals surface area contributed by atoms with Crippen LogP contribution in [0.1, 0.15) is 19.8 Å². The molecule has 2 N–H and O–H groups in total. The normalized spacial score (nSPS) is 23.6. The molecular weight excluding hydrogens is 457 g/mol. The number of halogens is 5.